The lowest BCUT2D eigenvalue weighted by atomic mass is 10.1. The SMILES string of the molecule is CSc1ccc(-c2c(-c3ccn(C)n3)nc3n2CCN3)cc1. The number of rotatable bonds is 3. The lowest BCUT2D eigenvalue weighted by molar-refractivity contribution is 0.770. The monoisotopic (exact) mass is 311 g/mol. The fourth-order valence-corrected chi connectivity index (χ4v) is 3.25. The smallest absolute Gasteiger partial charge is 0.204 e. The first-order valence-electron chi connectivity index (χ1n) is 7.25. The summed E-state index contributed by atoms with van der Waals surface area (Å²) >= 11 is 1.75. The van der Waals surface area contributed by atoms with Crippen LogP contribution in [0.25, 0.3) is 22.6 Å². The Balaban J connectivity index is 1.89. The first-order valence-corrected chi connectivity index (χ1v) is 8.47. The molecule has 0 radical (unpaired) electrons. The fraction of sp³-hybridized carbons (Fsp3) is 0.250. The van der Waals surface area contributed by atoms with Crippen molar-refractivity contribution < 1.29 is 0 Å². The van der Waals surface area contributed by atoms with E-state index in [2.05, 4.69) is 45.5 Å². The fourth-order valence-electron chi connectivity index (χ4n) is 2.85. The van der Waals surface area contributed by atoms with Crippen LogP contribution in [0.3, 0.4) is 0 Å². The number of anilines is 1. The molecule has 0 unspecified atom stereocenters. The first kappa shape index (κ1) is 13.5. The van der Waals surface area contributed by atoms with Gasteiger partial charge in [-0.3, -0.25) is 4.68 Å². The zero-order chi connectivity index (χ0) is 15.1. The molecule has 0 aliphatic carbocycles. The van der Waals surface area contributed by atoms with Crippen LogP contribution >= 0.6 is 11.8 Å². The van der Waals surface area contributed by atoms with Crippen LogP contribution in [-0.4, -0.2) is 32.1 Å². The van der Waals surface area contributed by atoms with E-state index in [4.69, 9.17) is 4.98 Å². The van der Waals surface area contributed by atoms with Crippen LogP contribution in [0.1, 0.15) is 0 Å². The van der Waals surface area contributed by atoms with E-state index in [0.29, 0.717) is 0 Å². The minimum Gasteiger partial charge on any atom is -0.354 e. The lowest BCUT2D eigenvalue weighted by Crippen LogP contribution is -1.99. The van der Waals surface area contributed by atoms with Crippen molar-refractivity contribution in [3.05, 3.63) is 36.5 Å². The van der Waals surface area contributed by atoms with Crippen LogP contribution in [-0.2, 0) is 13.6 Å². The van der Waals surface area contributed by atoms with Gasteiger partial charge in [0.15, 0.2) is 0 Å². The largest absolute Gasteiger partial charge is 0.354 e. The molecular weight excluding hydrogens is 294 g/mol. The summed E-state index contributed by atoms with van der Waals surface area (Å²) in [5, 5.41) is 7.87. The average molecular weight is 311 g/mol. The second-order valence-electron chi connectivity index (χ2n) is 5.31. The van der Waals surface area contributed by atoms with Crippen LogP contribution in [0.5, 0.6) is 0 Å². The van der Waals surface area contributed by atoms with Crippen molar-refractivity contribution in [2.75, 3.05) is 18.1 Å². The summed E-state index contributed by atoms with van der Waals surface area (Å²) in [5.41, 5.74) is 4.18. The predicted molar refractivity (Wildman–Crippen MR) is 90.1 cm³/mol. The van der Waals surface area contributed by atoms with Gasteiger partial charge in [0.05, 0.1) is 5.69 Å². The molecule has 22 heavy (non-hydrogen) atoms. The number of nitrogens with one attached hydrogen (secondary N) is 1. The zero-order valence-corrected chi connectivity index (χ0v) is 13.4. The molecule has 112 valence electrons. The number of thioether (sulfide) groups is 1. The molecule has 3 heterocycles. The molecule has 5 nitrogen and oxygen atoms in total. The van der Waals surface area contributed by atoms with Gasteiger partial charge in [0.25, 0.3) is 0 Å². The van der Waals surface area contributed by atoms with E-state index < -0.39 is 0 Å². The van der Waals surface area contributed by atoms with Crippen LogP contribution in [0.2, 0.25) is 0 Å². The number of fused-ring (bicyclic) bond motifs is 1. The van der Waals surface area contributed by atoms with Gasteiger partial charge in [-0.2, -0.15) is 5.10 Å². The highest BCUT2D eigenvalue weighted by Crippen LogP contribution is 2.35. The van der Waals surface area contributed by atoms with Gasteiger partial charge < -0.3 is 9.88 Å². The predicted octanol–water partition coefficient (Wildman–Crippen LogP) is 3.10. The van der Waals surface area contributed by atoms with Gasteiger partial charge >= 0.3 is 0 Å². The van der Waals surface area contributed by atoms with Crippen LogP contribution < -0.4 is 5.32 Å². The highest BCUT2D eigenvalue weighted by molar-refractivity contribution is 7.98. The molecule has 0 saturated carbocycles. The minimum absolute atomic E-state index is 0.912. The number of nitrogens with zero attached hydrogens (tertiary/aromatic N) is 4. The van der Waals surface area contributed by atoms with Gasteiger partial charge in [0, 0.05) is 36.8 Å². The first-order chi connectivity index (χ1) is 10.8. The topological polar surface area (TPSA) is 47.7 Å². The maximum atomic E-state index is 4.76. The number of imidazole rings is 1. The quantitative estimate of drug-likeness (QED) is 0.755. The Labute approximate surface area is 133 Å². The van der Waals surface area contributed by atoms with Gasteiger partial charge in [0.1, 0.15) is 11.4 Å². The lowest BCUT2D eigenvalue weighted by Gasteiger charge is -2.07. The highest BCUT2D eigenvalue weighted by Gasteiger charge is 2.24. The number of benzene rings is 1. The standard InChI is InChI=1S/C16H17N5S/c1-20-9-7-13(19-20)14-15(21-10-8-17-16(21)18-14)11-3-5-12(22-2)6-4-11/h3-7,9H,8,10H2,1-2H3,(H,17,18). The van der Waals surface area contributed by atoms with E-state index in [-0.39, 0.29) is 0 Å². The van der Waals surface area contributed by atoms with Crippen molar-refractivity contribution in [2.45, 2.75) is 11.4 Å². The molecule has 3 aromatic rings. The second-order valence-corrected chi connectivity index (χ2v) is 6.19. The molecule has 2 aromatic heterocycles. The molecule has 1 aromatic carbocycles. The van der Waals surface area contributed by atoms with Crippen molar-refractivity contribution in [3.8, 4) is 22.6 Å². The highest BCUT2D eigenvalue weighted by atomic mass is 32.2. The number of hydrogen-bond acceptors (Lipinski definition) is 4. The summed E-state index contributed by atoms with van der Waals surface area (Å²) in [6.45, 7) is 1.87. The molecule has 4 rings (SSSR count). The number of aromatic nitrogens is 4. The molecule has 0 spiro atoms. The van der Waals surface area contributed by atoms with Crippen LogP contribution in [0.15, 0.2) is 41.4 Å². The number of aryl methyl sites for hydroxylation is 1. The molecule has 1 aliphatic heterocycles. The van der Waals surface area contributed by atoms with Crippen molar-refractivity contribution in [2.24, 2.45) is 7.05 Å². The van der Waals surface area contributed by atoms with E-state index in [1.54, 1.807) is 11.8 Å². The Hall–Kier alpha value is -2.21. The van der Waals surface area contributed by atoms with Crippen molar-refractivity contribution >= 4 is 17.7 Å². The van der Waals surface area contributed by atoms with Crippen LogP contribution in [0.4, 0.5) is 5.95 Å². The summed E-state index contributed by atoms with van der Waals surface area (Å²) in [6.07, 6.45) is 4.04. The van der Waals surface area contributed by atoms with Gasteiger partial charge in [-0.15, -0.1) is 11.8 Å². The van der Waals surface area contributed by atoms with Gasteiger partial charge in [-0.05, 0) is 24.5 Å². The van der Waals surface area contributed by atoms with Gasteiger partial charge in [-0.1, -0.05) is 12.1 Å². The van der Waals surface area contributed by atoms with Crippen molar-refractivity contribution in [3.63, 3.8) is 0 Å². The third-order valence-corrected chi connectivity index (χ3v) is 4.65. The maximum absolute atomic E-state index is 4.76. The molecule has 1 N–H and O–H groups in total. The van der Waals surface area contributed by atoms with E-state index in [9.17, 15) is 0 Å². The molecule has 0 atom stereocenters. The summed E-state index contributed by atoms with van der Waals surface area (Å²) in [6, 6.07) is 10.7. The Morgan fingerprint density at radius 2 is 2.00 bits per heavy atom. The molecule has 0 fully saturated rings. The van der Waals surface area contributed by atoms with E-state index in [1.807, 2.05) is 24.0 Å². The maximum Gasteiger partial charge on any atom is 0.204 e. The van der Waals surface area contributed by atoms with E-state index in [1.165, 1.54) is 10.5 Å². The third-order valence-electron chi connectivity index (χ3n) is 3.91. The minimum atomic E-state index is 0.912. The normalized spacial score (nSPS) is 13.2. The zero-order valence-electron chi connectivity index (χ0n) is 12.6. The van der Waals surface area contributed by atoms with Crippen LogP contribution in [0, 0.1) is 0 Å². The number of hydrogen-bond donors (Lipinski definition) is 1. The summed E-state index contributed by atoms with van der Waals surface area (Å²) in [5.74, 6) is 0.935. The molecule has 0 bridgehead atoms. The molecule has 1 aliphatic rings. The summed E-state index contributed by atoms with van der Waals surface area (Å²) in [4.78, 5) is 6.03. The Kier molecular flexibility index (Phi) is 3.18. The van der Waals surface area contributed by atoms with Crippen molar-refractivity contribution in [1.82, 2.24) is 19.3 Å². The van der Waals surface area contributed by atoms with E-state index >= 15 is 0 Å². The van der Waals surface area contributed by atoms with E-state index in [0.717, 1.165) is 36.1 Å². The molecular formula is C16H17N5S. The Bertz CT molecular complexity index is 816. The van der Waals surface area contributed by atoms with Crippen molar-refractivity contribution in [1.29, 1.82) is 0 Å². The van der Waals surface area contributed by atoms with Gasteiger partial charge in [-0.25, -0.2) is 4.98 Å². The Morgan fingerprint density at radius 3 is 2.68 bits per heavy atom. The summed E-state index contributed by atoms with van der Waals surface area (Å²) in [7, 11) is 1.93. The Morgan fingerprint density at radius 1 is 1.18 bits per heavy atom. The summed E-state index contributed by atoms with van der Waals surface area (Å²) < 4.78 is 4.06. The van der Waals surface area contributed by atoms with Gasteiger partial charge in [0.2, 0.25) is 5.95 Å². The average Bonchev–Trinajstić information content (AvgIpc) is 3.22. The molecule has 6 heteroatoms. The molecule has 0 amide bonds. The molecule has 0 saturated heterocycles. The second kappa shape index (κ2) is 5.21. The third kappa shape index (κ3) is 2.11.